The second kappa shape index (κ2) is 11.0. The normalized spacial score (nSPS) is 12.1. The number of esters is 1. The number of anilines is 1. The molecule has 0 aliphatic heterocycles. The van der Waals surface area contributed by atoms with Crippen molar-refractivity contribution in [2.45, 2.75) is 18.4 Å². The van der Waals surface area contributed by atoms with E-state index < -0.39 is 27.7 Å². The van der Waals surface area contributed by atoms with E-state index >= 15 is 0 Å². The van der Waals surface area contributed by atoms with E-state index in [1.165, 1.54) is 28.8 Å². The summed E-state index contributed by atoms with van der Waals surface area (Å²) in [4.78, 5) is 29.4. The third-order valence-corrected chi connectivity index (χ3v) is 8.27. The number of rotatable bonds is 7. The van der Waals surface area contributed by atoms with Gasteiger partial charge in [-0.2, -0.15) is 4.99 Å². The first-order valence-electron chi connectivity index (χ1n) is 10.7. The molecule has 1 N–H and O–H groups in total. The maximum absolute atomic E-state index is 13.1. The Kier molecular flexibility index (Phi) is 7.98. The number of nitrogens with one attached hydrogen (secondary N) is 1. The van der Waals surface area contributed by atoms with Crippen molar-refractivity contribution in [1.82, 2.24) is 4.57 Å². The number of carbonyl (C=O) groups excluding carboxylic acids is 2. The number of nitrogens with zero attached hydrogens (tertiary/aromatic N) is 2. The number of amides is 1. The summed E-state index contributed by atoms with van der Waals surface area (Å²) >= 11 is 13.8. The topological polar surface area (TPSA) is 107 Å². The average molecular weight is 582 g/mol. The molecule has 8 nitrogen and oxygen atoms in total. The van der Waals surface area contributed by atoms with Crippen LogP contribution in [0, 0.1) is 5.82 Å². The molecule has 4 rings (SSSR count). The van der Waals surface area contributed by atoms with E-state index in [2.05, 4.69) is 9.71 Å². The monoisotopic (exact) mass is 581 g/mol. The number of sulfonamides is 1. The van der Waals surface area contributed by atoms with Gasteiger partial charge in [0.2, 0.25) is 0 Å². The number of hydrogen-bond donors (Lipinski definition) is 1. The minimum Gasteiger partial charge on any atom is -0.465 e. The summed E-state index contributed by atoms with van der Waals surface area (Å²) in [5.41, 5.74) is 0.810. The first kappa shape index (κ1) is 26.8. The van der Waals surface area contributed by atoms with Crippen molar-refractivity contribution in [2.24, 2.45) is 4.99 Å². The number of benzene rings is 3. The molecule has 0 fully saturated rings. The number of halogens is 3. The van der Waals surface area contributed by atoms with E-state index in [1.54, 1.807) is 19.1 Å². The molecule has 4 aromatic rings. The van der Waals surface area contributed by atoms with Crippen LogP contribution in [0.2, 0.25) is 10.0 Å². The summed E-state index contributed by atoms with van der Waals surface area (Å²) in [6, 6.07) is 13.2. The molecular formula is C24H18Cl2FN3O5S2. The molecular weight excluding hydrogens is 564 g/mol. The van der Waals surface area contributed by atoms with Gasteiger partial charge < -0.3 is 9.30 Å². The highest BCUT2D eigenvalue weighted by atomic mass is 35.5. The zero-order valence-corrected chi connectivity index (χ0v) is 22.2. The zero-order chi connectivity index (χ0) is 26.7. The number of aromatic nitrogens is 1. The maximum Gasteiger partial charge on any atom is 0.326 e. The van der Waals surface area contributed by atoms with Gasteiger partial charge in [-0.25, -0.2) is 12.8 Å². The number of thiazole rings is 1. The number of hydrogen-bond acceptors (Lipinski definition) is 6. The van der Waals surface area contributed by atoms with Gasteiger partial charge >= 0.3 is 5.97 Å². The smallest absolute Gasteiger partial charge is 0.326 e. The third kappa shape index (κ3) is 6.02. The van der Waals surface area contributed by atoms with Crippen molar-refractivity contribution in [3.8, 4) is 0 Å². The summed E-state index contributed by atoms with van der Waals surface area (Å²) < 4.78 is 47.5. The Morgan fingerprint density at radius 3 is 2.32 bits per heavy atom. The van der Waals surface area contributed by atoms with E-state index in [0.717, 1.165) is 35.6 Å². The molecule has 192 valence electrons. The van der Waals surface area contributed by atoms with Crippen molar-refractivity contribution in [3.05, 3.63) is 86.9 Å². The summed E-state index contributed by atoms with van der Waals surface area (Å²) in [5, 5.41) is 0.709. The number of fused-ring (bicyclic) bond motifs is 1. The van der Waals surface area contributed by atoms with Crippen LogP contribution >= 0.6 is 34.5 Å². The van der Waals surface area contributed by atoms with Crippen LogP contribution in [0.5, 0.6) is 0 Å². The molecule has 1 amide bonds. The van der Waals surface area contributed by atoms with Crippen LogP contribution in [0.15, 0.2) is 70.6 Å². The van der Waals surface area contributed by atoms with E-state index in [1.807, 2.05) is 0 Å². The molecule has 1 heterocycles. The molecule has 0 spiro atoms. The first-order chi connectivity index (χ1) is 17.6. The van der Waals surface area contributed by atoms with Gasteiger partial charge in [0.25, 0.3) is 15.9 Å². The lowest BCUT2D eigenvalue weighted by atomic mass is 10.2. The van der Waals surface area contributed by atoms with Gasteiger partial charge in [0.05, 0.1) is 31.8 Å². The fraction of sp³-hybridized carbons (Fsp3) is 0.125. The largest absolute Gasteiger partial charge is 0.465 e. The number of ether oxygens (including phenoxy) is 1. The molecule has 0 unspecified atom stereocenters. The summed E-state index contributed by atoms with van der Waals surface area (Å²) in [5.74, 6) is -1.73. The minimum absolute atomic E-state index is 0.114. The lowest BCUT2D eigenvalue weighted by Crippen LogP contribution is -2.23. The Labute approximate surface area is 225 Å². The first-order valence-corrected chi connectivity index (χ1v) is 13.7. The van der Waals surface area contributed by atoms with Crippen molar-refractivity contribution in [1.29, 1.82) is 0 Å². The zero-order valence-electron chi connectivity index (χ0n) is 19.1. The molecule has 1 aromatic heterocycles. The Morgan fingerprint density at radius 1 is 1.03 bits per heavy atom. The molecule has 37 heavy (non-hydrogen) atoms. The van der Waals surface area contributed by atoms with Crippen molar-refractivity contribution >= 4 is 72.3 Å². The van der Waals surface area contributed by atoms with Gasteiger partial charge in [-0.1, -0.05) is 34.5 Å². The molecule has 0 aliphatic carbocycles. The van der Waals surface area contributed by atoms with Crippen molar-refractivity contribution in [3.63, 3.8) is 0 Å². The van der Waals surface area contributed by atoms with Crippen LogP contribution in [-0.2, 0) is 26.1 Å². The van der Waals surface area contributed by atoms with Gasteiger partial charge in [0.1, 0.15) is 12.4 Å². The SMILES string of the molecule is CCOC(=O)Cn1c(=NC(=O)c2ccc(NS(=O)(=O)c3ccc(F)cc3)cc2)sc2c(Cl)ccc(Cl)c21. The quantitative estimate of drug-likeness (QED) is 0.300. The summed E-state index contributed by atoms with van der Waals surface area (Å²) in [6.07, 6.45) is 0. The van der Waals surface area contributed by atoms with Crippen LogP contribution < -0.4 is 9.52 Å². The molecule has 0 radical (unpaired) electrons. The molecule has 0 aliphatic rings. The Balaban J connectivity index is 1.65. The highest BCUT2D eigenvalue weighted by Gasteiger charge is 2.18. The molecule has 13 heteroatoms. The molecule has 0 saturated heterocycles. The van der Waals surface area contributed by atoms with Crippen LogP contribution in [0.25, 0.3) is 10.2 Å². The van der Waals surface area contributed by atoms with Crippen molar-refractivity contribution in [2.75, 3.05) is 11.3 Å². The fourth-order valence-corrected chi connectivity index (χ4v) is 6.04. The Bertz CT molecular complexity index is 1670. The second-order valence-corrected chi connectivity index (χ2v) is 11.0. The lowest BCUT2D eigenvalue weighted by Gasteiger charge is -2.08. The lowest BCUT2D eigenvalue weighted by molar-refractivity contribution is -0.143. The molecule has 3 aromatic carbocycles. The highest BCUT2D eigenvalue weighted by Crippen LogP contribution is 2.32. The third-order valence-electron chi connectivity index (χ3n) is 5.03. The van der Waals surface area contributed by atoms with Crippen LogP contribution in [-0.4, -0.2) is 31.5 Å². The predicted octanol–water partition coefficient (Wildman–Crippen LogP) is 5.25. The van der Waals surface area contributed by atoms with Gasteiger partial charge in [0.15, 0.2) is 4.80 Å². The molecule has 0 saturated carbocycles. The fourth-order valence-electron chi connectivity index (χ4n) is 3.34. The van der Waals surface area contributed by atoms with Crippen LogP contribution in [0.4, 0.5) is 10.1 Å². The van der Waals surface area contributed by atoms with E-state index in [4.69, 9.17) is 27.9 Å². The Morgan fingerprint density at radius 2 is 1.68 bits per heavy atom. The summed E-state index contributed by atoms with van der Waals surface area (Å²) in [7, 11) is -3.95. The molecule has 0 bridgehead atoms. The van der Waals surface area contributed by atoms with Gasteiger partial charge in [-0.3, -0.25) is 14.3 Å². The highest BCUT2D eigenvalue weighted by molar-refractivity contribution is 7.92. The summed E-state index contributed by atoms with van der Waals surface area (Å²) in [6.45, 7) is 1.62. The number of carbonyl (C=O) groups is 2. The van der Waals surface area contributed by atoms with Gasteiger partial charge in [-0.15, -0.1) is 0 Å². The van der Waals surface area contributed by atoms with Crippen LogP contribution in [0.3, 0.4) is 0 Å². The van der Waals surface area contributed by atoms with E-state index in [-0.39, 0.29) is 34.1 Å². The van der Waals surface area contributed by atoms with E-state index in [9.17, 15) is 22.4 Å². The molecule has 0 atom stereocenters. The second-order valence-electron chi connectivity index (χ2n) is 7.54. The van der Waals surface area contributed by atoms with Gasteiger partial charge in [-0.05, 0) is 67.6 Å². The predicted molar refractivity (Wildman–Crippen MR) is 140 cm³/mol. The Hall–Kier alpha value is -3.25. The average Bonchev–Trinajstić information content (AvgIpc) is 3.21. The standard InChI is InChI=1S/C24H18Cl2FN3O5S2/c1-2-35-20(31)13-30-21-18(25)11-12-19(26)22(21)36-24(30)28-23(32)14-3-7-16(8-4-14)29-37(33,34)17-9-5-15(27)6-10-17/h3-12,29H,2,13H2,1H3. The maximum atomic E-state index is 13.1. The minimum atomic E-state index is -3.95. The van der Waals surface area contributed by atoms with Gasteiger partial charge in [0, 0.05) is 11.3 Å². The van der Waals surface area contributed by atoms with Crippen molar-refractivity contribution < 1.29 is 27.1 Å². The van der Waals surface area contributed by atoms with E-state index in [0.29, 0.717) is 20.3 Å². The van der Waals surface area contributed by atoms with Crippen LogP contribution in [0.1, 0.15) is 17.3 Å².